The van der Waals surface area contributed by atoms with Crippen molar-refractivity contribution in [3.05, 3.63) is 58.7 Å². The molecule has 0 aliphatic carbocycles. The summed E-state index contributed by atoms with van der Waals surface area (Å²) < 4.78 is 43.5. The summed E-state index contributed by atoms with van der Waals surface area (Å²) >= 11 is 0. The van der Waals surface area contributed by atoms with Gasteiger partial charge in [0.15, 0.2) is 0 Å². The van der Waals surface area contributed by atoms with Gasteiger partial charge in [0.25, 0.3) is 0 Å². The monoisotopic (exact) mass is 364 g/mol. The Morgan fingerprint density at radius 3 is 2.35 bits per heavy atom. The Labute approximate surface area is 152 Å². The minimum Gasteiger partial charge on any atom is -0.497 e. The smallest absolute Gasteiger partial charge is 0.416 e. The van der Waals surface area contributed by atoms with Crippen molar-refractivity contribution in [2.75, 3.05) is 20.7 Å². The van der Waals surface area contributed by atoms with Crippen LogP contribution in [0.5, 0.6) is 5.75 Å². The van der Waals surface area contributed by atoms with Crippen LogP contribution in [0.4, 0.5) is 18.9 Å². The lowest BCUT2D eigenvalue weighted by atomic mass is 9.98. The third-order valence-corrected chi connectivity index (χ3v) is 4.27. The molecule has 0 saturated heterocycles. The first-order valence-electron chi connectivity index (χ1n) is 8.32. The molecule has 0 unspecified atom stereocenters. The van der Waals surface area contributed by atoms with Crippen molar-refractivity contribution in [3.63, 3.8) is 0 Å². The predicted molar refractivity (Wildman–Crippen MR) is 98.4 cm³/mol. The summed E-state index contributed by atoms with van der Waals surface area (Å²) in [7, 11) is 3.51. The lowest BCUT2D eigenvalue weighted by Crippen LogP contribution is -2.14. The van der Waals surface area contributed by atoms with E-state index in [1.807, 2.05) is 37.9 Å². The van der Waals surface area contributed by atoms with E-state index in [1.165, 1.54) is 12.1 Å². The molecule has 0 N–H and O–H groups in total. The molecule has 0 atom stereocenters. The Bertz CT molecular complexity index is 768. The summed E-state index contributed by atoms with van der Waals surface area (Å²) in [6.07, 6.45) is -2.06. The minimum atomic E-state index is -4.32. The Balaban J connectivity index is 2.32. The van der Waals surface area contributed by atoms with Crippen LogP contribution in [0.15, 0.2) is 41.4 Å². The first-order chi connectivity index (χ1) is 12.2. The van der Waals surface area contributed by atoms with E-state index in [0.717, 1.165) is 41.1 Å². The number of benzene rings is 2. The van der Waals surface area contributed by atoms with Crippen LogP contribution in [0.3, 0.4) is 0 Å². The lowest BCUT2D eigenvalue weighted by molar-refractivity contribution is -0.137. The maximum atomic E-state index is 12.7. The van der Waals surface area contributed by atoms with Gasteiger partial charge in [0.1, 0.15) is 5.75 Å². The highest BCUT2D eigenvalue weighted by Crippen LogP contribution is 2.32. The van der Waals surface area contributed by atoms with Gasteiger partial charge in [0.05, 0.1) is 24.7 Å². The minimum absolute atomic E-state index is 0.507. The Kier molecular flexibility index (Phi) is 6.29. The molecule has 0 fully saturated rings. The summed E-state index contributed by atoms with van der Waals surface area (Å²) in [5.74, 6) is 0.670. The summed E-state index contributed by atoms with van der Waals surface area (Å²) in [5.41, 5.74) is 2.89. The zero-order chi connectivity index (χ0) is 19.3. The first kappa shape index (κ1) is 19.8. The molecule has 0 heterocycles. The van der Waals surface area contributed by atoms with E-state index in [0.29, 0.717) is 12.2 Å². The number of hydrogen-bond acceptors (Lipinski definition) is 2. The molecule has 0 amide bonds. The fraction of sp³-hybridized carbons (Fsp3) is 0.350. The van der Waals surface area contributed by atoms with Crippen molar-refractivity contribution in [1.82, 2.24) is 4.90 Å². The van der Waals surface area contributed by atoms with Crippen molar-refractivity contribution in [1.29, 1.82) is 0 Å². The number of nitrogens with zero attached hydrogens (tertiary/aromatic N) is 2. The molecule has 0 aliphatic heterocycles. The predicted octanol–water partition coefficient (Wildman–Crippen LogP) is 5.22. The number of halogens is 3. The van der Waals surface area contributed by atoms with Gasteiger partial charge in [-0.3, -0.25) is 0 Å². The Morgan fingerprint density at radius 2 is 1.81 bits per heavy atom. The topological polar surface area (TPSA) is 24.8 Å². The summed E-state index contributed by atoms with van der Waals surface area (Å²) in [6.45, 7) is 4.82. The van der Waals surface area contributed by atoms with Gasteiger partial charge in [-0.05, 0) is 55.2 Å². The number of hydrogen-bond donors (Lipinski definition) is 0. The second-order valence-electron chi connectivity index (χ2n) is 6.12. The molecule has 140 valence electrons. The molecule has 0 radical (unpaired) electrons. The van der Waals surface area contributed by atoms with Crippen LogP contribution in [0.2, 0.25) is 0 Å². The second-order valence-corrected chi connectivity index (χ2v) is 6.12. The molecule has 2 aromatic carbocycles. The van der Waals surface area contributed by atoms with Gasteiger partial charge < -0.3 is 9.64 Å². The van der Waals surface area contributed by atoms with Crippen LogP contribution in [0.25, 0.3) is 0 Å². The fourth-order valence-electron chi connectivity index (χ4n) is 2.44. The molecule has 0 aliphatic rings. The van der Waals surface area contributed by atoms with Crippen LogP contribution in [0.1, 0.15) is 29.2 Å². The molecule has 3 nitrogen and oxygen atoms in total. The van der Waals surface area contributed by atoms with E-state index in [-0.39, 0.29) is 0 Å². The van der Waals surface area contributed by atoms with Gasteiger partial charge >= 0.3 is 6.18 Å². The van der Waals surface area contributed by atoms with Gasteiger partial charge in [0, 0.05) is 19.7 Å². The van der Waals surface area contributed by atoms with E-state index in [1.54, 1.807) is 13.4 Å². The molecule has 26 heavy (non-hydrogen) atoms. The highest BCUT2D eigenvalue weighted by atomic mass is 19.4. The fourth-order valence-corrected chi connectivity index (χ4v) is 2.44. The molecular weight excluding hydrogens is 341 g/mol. The lowest BCUT2D eigenvalue weighted by Gasteiger charge is -2.14. The van der Waals surface area contributed by atoms with Gasteiger partial charge in [-0.25, -0.2) is 4.99 Å². The van der Waals surface area contributed by atoms with E-state index in [4.69, 9.17) is 4.74 Å². The average Bonchev–Trinajstić information content (AvgIpc) is 2.61. The SMILES string of the molecule is CCN(C)C=Nc1cc(OC)cc(Cc2ccc(C(F)(F)F)cc2)c1C. The van der Waals surface area contributed by atoms with E-state index >= 15 is 0 Å². The molecular formula is C20H23F3N2O. The van der Waals surface area contributed by atoms with Crippen LogP contribution >= 0.6 is 0 Å². The van der Waals surface area contributed by atoms with Crippen molar-refractivity contribution in [2.24, 2.45) is 4.99 Å². The zero-order valence-electron chi connectivity index (χ0n) is 15.4. The van der Waals surface area contributed by atoms with Crippen molar-refractivity contribution in [3.8, 4) is 5.75 Å². The van der Waals surface area contributed by atoms with Gasteiger partial charge in [-0.2, -0.15) is 13.2 Å². The van der Waals surface area contributed by atoms with E-state index < -0.39 is 11.7 Å². The van der Waals surface area contributed by atoms with Gasteiger partial charge in [-0.1, -0.05) is 12.1 Å². The van der Waals surface area contributed by atoms with E-state index in [9.17, 15) is 13.2 Å². The third kappa shape index (κ3) is 5.00. The summed E-state index contributed by atoms with van der Waals surface area (Å²) in [5, 5.41) is 0. The molecule has 0 spiro atoms. The normalized spacial score (nSPS) is 11.8. The molecule has 0 bridgehead atoms. The van der Waals surface area contributed by atoms with Crippen molar-refractivity contribution < 1.29 is 17.9 Å². The van der Waals surface area contributed by atoms with Crippen LogP contribution in [-0.2, 0) is 12.6 Å². The third-order valence-electron chi connectivity index (χ3n) is 4.27. The van der Waals surface area contributed by atoms with Crippen LogP contribution < -0.4 is 4.74 Å². The average molecular weight is 364 g/mol. The zero-order valence-corrected chi connectivity index (χ0v) is 15.4. The largest absolute Gasteiger partial charge is 0.497 e. The quantitative estimate of drug-likeness (QED) is 0.518. The molecule has 2 aromatic rings. The van der Waals surface area contributed by atoms with Crippen LogP contribution in [-0.4, -0.2) is 31.9 Å². The molecule has 0 saturated carbocycles. The summed E-state index contributed by atoms with van der Waals surface area (Å²) in [6, 6.07) is 8.99. The van der Waals surface area contributed by atoms with Gasteiger partial charge in [-0.15, -0.1) is 0 Å². The Hall–Kier alpha value is -2.50. The standard InChI is InChI=1S/C20H23F3N2O/c1-5-25(3)13-24-19-12-18(26-4)11-16(14(19)2)10-15-6-8-17(9-7-15)20(21,22)23/h6-9,11-13H,5,10H2,1-4H3. The number of rotatable bonds is 6. The molecule has 2 rings (SSSR count). The number of ether oxygens (including phenoxy) is 1. The highest BCUT2D eigenvalue weighted by Gasteiger charge is 2.29. The Morgan fingerprint density at radius 1 is 1.15 bits per heavy atom. The van der Waals surface area contributed by atoms with Crippen molar-refractivity contribution >= 4 is 12.0 Å². The number of alkyl halides is 3. The molecule has 6 heteroatoms. The first-order valence-corrected chi connectivity index (χ1v) is 8.32. The second kappa shape index (κ2) is 8.25. The molecule has 0 aromatic heterocycles. The highest BCUT2D eigenvalue weighted by molar-refractivity contribution is 5.65. The number of aliphatic imine (C=N–C) groups is 1. The van der Waals surface area contributed by atoms with E-state index in [2.05, 4.69) is 4.99 Å². The number of methoxy groups -OCH3 is 1. The maximum absolute atomic E-state index is 12.7. The maximum Gasteiger partial charge on any atom is 0.416 e. The van der Waals surface area contributed by atoms with Gasteiger partial charge in [0.2, 0.25) is 0 Å². The van der Waals surface area contributed by atoms with Crippen molar-refractivity contribution in [2.45, 2.75) is 26.4 Å². The van der Waals surface area contributed by atoms with Crippen LogP contribution in [0, 0.1) is 6.92 Å². The summed E-state index contributed by atoms with van der Waals surface area (Å²) in [4.78, 5) is 6.46.